The number of hydrogen-bond acceptors (Lipinski definition) is 4. The molecule has 0 saturated carbocycles. The maximum Gasteiger partial charge on any atom is 0.144 e. The zero-order valence-corrected chi connectivity index (χ0v) is 12.9. The minimum Gasteiger partial charge on any atom is -0.491 e. The predicted octanol–water partition coefficient (Wildman–Crippen LogP) is 2.59. The van der Waals surface area contributed by atoms with Crippen LogP contribution in [0.15, 0.2) is 18.2 Å². The highest BCUT2D eigenvalue weighted by atomic mass is 16.5. The van der Waals surface area contributed by atoms with Crippen LogP contribution in [0.5, 0.6) is 5.75 Å². The summed E-state index contributed by atoms with van der Waals surface area (Å²) in [7, 11) is 2.19. The van der Waals surface area contributed by atoms with E-state index in [9.17, 15) is 0 Å². The van der Waals surface area contributed by atoms with Gasteiger partial charge in [-0.25, -0.2) is 0 Å². The van der Waals surface area contributed by atoms with Crippen molar-refractivity contribution in [2.75, 3.05) is 43.9 Å². The molecule has 1 saturated heterocycles. The van der Waals surface area contributed by atoms with Crippen molar-refractivity contribution in [2.24, 2.45) is 0 Å². The van der Waals surface area contributed by atoms with Gasteiger partial charge in [-0.3, -0.25) is 0 Å². The molecule has 0 aliphatic carbocycles. The maximum atomic E-state index is 6.00. The van der Waals surface area contributed by atoms with Crippen LogP contribution in [0.1, 0.15) is 26.7 Å². The maximum absolute atomic E-state index is 6.00. The van der Waals surface area contributed by atoms with Gasteiger partial charge in [-0.1, -0.05) is 6.92 Å². The van der Waals surface area contributed by atoms with Gasteiger partial charge in [-0.2, -0.15) is 0 Å². The lowest BCUT2D eigenvalue weighted by Gasteiger charge is -2.30. The molecule has 1 fully saturated rings. The van der Waals surface area contributed by atoms with E-state index in [2.05, 4.69) is 42.8 Å². The summed E-state index contributed by atoms with van der Waals surface area (Å²) in [6, 6.07) is 6.66. The minimum absolute atomic E-state index is 0.505. The molecule has 2 N–H and O–H groups in total. The van der Waals surface area contributed by atoms with Gasteiger partial charge in [-0.05, 0) is 45.5 Å². The zero-order valence-electron chi connectivity index (χ0n) is 12.9. The van der Waals surface area contributed by atoms with Crippen molar-refractivity contribution in [2.45, 2.75) is 32.7 Å². The zero-order chi connectivity index (χ0) is 14.5. The Morgan fingerprint density at radius 2 is 2.15 bits per heavy atom. The van der Waals surface area contributed by atoms with Crippen LogP contribution in [0.2, 0.25) is 0 Å². The molecule has 1 aromatic carbocycles. The number of anilines is 2. The first kappa shape index (κ1) is 15.0. The number of likely N-dealkylation sites (N-methyl/N-ethyl adjacent to an activating group) is 1. The van der Waals surface area contributed by atoms with E-state index in [1.165, 1.54) is 12.1 Å². The van der Waals surface area contributed by atoms with Crippen LogP contribution in [0.4, 0.5) is 11.4 Å². The second-order valence-corrected chi connectivity index (χ2v) is 5.73. The standard InChI is InChI=1S/C16H27N3O/c1-4-10-20-16-11-14(6-7-15(16)17)19-9-5-8-18(3)12-13(19)2/h6-7,11,13H,4-5,8-10,12,17H2,1-3H3. The Bertz CT molecular complexity index is 436. The second-order valence-electron chi connectivity index (χ2n) is 5.73. The Kier molecular flexibility index (Phi) is 5.12. The van der Waals surface area contributed by atoms with Crippen LogP contribution < -0.4 is 15.4 Å². The molecule has 1 unspecified atom stereocenters. The van der Waals surface area contributed by atoms with Crippen molar-refractivity contribution < 1.29 is 4.74 Å². The average molecular weight is 277 g/mol. The summed E-state index contributed by atoms with van der Waals surface area (Å²) in [5, 5.41) is 0. The quantitative estimate of drug-likeness (QED) is 0.859. The molecule has 1 heterocycles. The Labute approximate surface area is 122 Å². The molecule has 0 amide bonds. The molecule has 20 heavy (non-hydrogen) atoms. The van der Waals surface area contributed by atoms with Gasteiger partial charge in [0.05, 0.1) is 12.3 Å². The SMILES string of the molecule is CCCOc1cc(N2CCCN(C)CC2C)ccc1N. The summed E-state index contributed by atoms with van der Waals surface area (Å²) in [6.45, 7) is 8.44. The molecular formula is C16H27N3O. The van der Waals surface area contributed by atoms with Gasteiger partial charge >= 0.3 is 0 Å². The van der Waals surface area contributed by atoms with Gasteiger partial charge in [0, 0.05) is 30.9 Å². The molecule has 4 nitrogen and oxygen atoms in total. The monoisotopic (exact) mass is 277 g/mol. The van der Waals surface area contributed by atoms with Crippen molar-refractivity contribution in [3.05, 3.63) is 18.2 Å². The first-order valence-corrected chi connectivity index (χ1v) is 7.59. The van der Waals surface area contributed by atoms with E-state index < -0.39 is 0 Å². The summed E-state index contributed by atoms with van der Waals surface area (Å²) < 4.78 is 5.74. The summed E-state index contributed by atoms with van der Waals surface area (Å²) in [4.78, 5) is 4.86. The van der Waals surface area contributed by atoms with E-state index >= 15 is 0 Å². The van der Waals surface area contributed by atoms with Gasteiger partial charge < -0.3 is 20.3 Å². The number of benzene rings is 1. The summed E-state index contributed by atoms with van der Waals surface area (Å²) in [6.07, 6.45) is 2.19. The van der Waals surface area contributed by atoms with Crippen LogP contribution in [-0.2, 0) is 0 Å². The summed E-state index contributed by atoms with van der Waals surface area (Å²) in [5.41, 5.74) is 7.94. The molecule has 1 aliphatic rings. The highest BCUT2D eigenvalue weighted by Crippen LogP contribution is 2.29. The Balaban J connectivity index is 2.18. The van der Waals surface area contributed by atoms with Crippen molar-refractivity contribution in [1.82, 2.24) is 4.90 Å². The first-order valence-electron chi connectivity index (χ1n) is 7.59. The van der Waals surface area contributed by atoms with Crippen molar-refractivity contribution in [3.63, 3.8) is 0 Å². The fourth-order valence-electron chi connectivity index (χ4n) is 2.79. The van der Waals surface area contributed by atoms with Gasteiger partial charge in [0.1, 0.15) is 5.75 Å². The lowest BCUT2D eigenvalue weighted by Crippen LogP contribution is -2.37. The fraction of sp³-hybridized carbons (Fsp3) is 0.625. The van der Waals surface area contributed by atoms with Gasteiger partial charge in [0.25, 0.3) is 0 Å². The molecule has 4 heteroatoms. The van der Waals surface area contributed by atoms with E-state index in [-0.39, 0.29) is 0 Å². The third-order valence-corrected chi connectivity index (χ3v) is 3.84. The van der Waals surface area contributed by atoms with Gasteiger partial charge in [0.15, 0.2) is 0 Å². The van der Waals surface area contributed by atoms with E-state index in [0.29, 0.717) is 12.6 Å². The Hall–Kier alpha value is -1.42. The second kappa shape index (κ2) is 6.84. The molecule has 2 rings (SSSR count). The molecule has 1 aromatic rings. The normalized spacial score (nSPS) is 20.8. The highest BCUT2D eigenvalue weighted by Gasteiger charge is 2.20. The van der Waals surface area contributed by atoms with Crippen LogP contribution in [0.3, 0.4) is 0 Å². The van der Waals surface area contributed by atoms with Crippen molar-refractivity contribution in [3.8, 4) is 5.75 Å². The number of ether oxygens (including phenoxy) is 1. The number of nitrogens with two attached hydrogens (primary N) is 1. The lowest BCUT2D eigenvalue weighted by atomic mass is 10.2. The van der Waals surface area contributed by atoms with E-state index in [1.807, 2.05) is 6.07 Å². The lowest BCUT2D eigenvalue weighted by molar-refractivity contribution is 0.319. The van der Waals surface area contributed by atoms with E-state index in [0.717, 1.165) is 37.5 Å². The smallest absolute Gasteiger partial charge is 0.144 e. The summed E-state index contributed by atoms with van der Waals surface area (Å²) >= 11 is 0. The van der Waals surface area contributed by atoms with Crippen LogP contribution in [-0.4, -0.2) is 44.2 Å². The average Bonchev–Trinajstić information content (AvgIpc) is 2.59. The van der Waals surface area contributed by atoms with Crippen LogP contribution in [0, 0.1) is 0 Å². The first-order chi connectivity index (χ1) is 9.61. The fourth-order valence-corrected chi connectivity index (χ4v) is 2.79. The predicted molar refractivity (Wildman–Crippen MR) is 85.6 cm³/mol. The third kappa shape index (κ3) is 3.57. The number of hydrogen-bond donors (Lipinski definition) is 1. The topological polar surface area (TPSA) is 41.7 Å². The van der Waals surface area contributed by atoms with Crippen LogP contribution >= 0.6 is 0 Å². The van der Waals surface area contributed by atoms with Crippen LogP contribution in [0.25, 0.3) is 0 Å². The van der Waals surface area contributed by atoms with E-state index in [4.69, 9.17) is 10.5 Å². The molecule has 0 aromatic heterocycles. The summed E-state index contributed by atoms with van der Waals surface area (Å²) in [5.74, 6) is 0.814. The van der Waals surface area contributed by atoms with Crippen molar-refractivity contribution >= 4 is 11.4 Å². The molecular weight excluding hydrogens is 250 g/mol. The molecule has 1 aliphatic heterocycles. The molecule has 0 spiro atoms. The largest absolute Gasteiger partial charge is 0.491 e. The number of rotatable bonds is 4. The molecule has 112 valence electrons. The minimum atomic E-state index is 0.505. The molecule has 0 bridgehead atoms. The number of nitrogens with zero attached hydrogens (tertiary/aromatic N) is 2. The third-order valence-electron chi connectivity index (χ3n) is 3.84. The Morgan fingerprint density at radius 1 is 1.35 bits per heavy atom. The van der Waals surface area contributed by atoms with E-state index in [1.54, 1.807) is 0 Å². The Morgan fingerprint density at radius 3 is 2.90 bits per heavy atom. The highest BCUT2D eigenvalue weighted by molar-refractivity contribution is 5.62. The van der Waals surface area contributed by atoms with Gasteiger partial charge in [-0.15, -0.1) is 0 Å². The van der Waals surface area contributed by atoms with Gasteiger partial charge in [0.2, 0.25) is 0 Å². The van der Waals surface area contributed by atoms with Crippen molar-refractivity contribution in [1.29, 1.82) is 0 Å². The number of nitrogen functional groups attached to an aromatic ring is 1. The molecule has 1 atom stereocenters. The molecule has 0 radical (unpaired) electrons.